The Morgan fingerprint density at radius 3 is 2.80 bits per heavy atom. The molecular formula is C11H23NO3. The van der Waals surface area contributed by atoms with Crippen molar-refractivity contribution in [3.8, 4) is 0 Å². The highest BCUT2D eigenvalue weighted by atomic mass is 16.5. The summed E-state index contributed by atoms with van der Waals surface area (Å²) < 4.78 is 10.5. The molecule has 0 bridgehead atoms. The zero-order chi connectivity index (χ0) is 11.1. The molecule has 0 aromatic rings. The average Bonchev–Trinajstić information content (AvgIpc) is 2.73. The third kappa shape index (κ3) is 3.72. The normalized spacial score (nSPS) is 26.4. The minimum Gasteiger partial charge on any atom is -0.396 e. The summed E-state index contributed by atoms with van der Waals surface area (Å²) >= 11 is 0. The summed E-state index contributed by atoms with van der Waals surface area (Å²) in [6.07, 6.45) is 0.965. The maximum Gasteiger partial charge on any atom is 0.0589 e. The molecule has 1 atom stereocenters. The molecule has 1 N–H and O–H groups in total. The van der Waals surface area contributed by atoms with Crippen LogP contribution in [0.2, 0.25) is 0 Å². The highest BCUT2D eigenvalue weighted by Gasteiger charge is 2.35. The Morgan fingerprint density at radius 2 is 2.33 bits per heavy atom. The molecule has 4 heteroatoms. The van der Waals surface area contributed by atoms with E-state index in [1.54, 1.807) is 7.11 Å². The molecule has 0 spiro atoms. The zero-order valence-corrected chi connectivity index (χ0v) is 9.87. The van der Waals surface area contributed by atoms with Crippen molar-refractivity contribution >= 4 is 0 Å². The third-order valence-electron chi connectivity index (χ3n) is 3.14. The Labute approximate surface area is 92.2 Å². The number of ether oxygens (including phenoxy) is 2. The lowest BCUT2D eigenvalue weighted by Crippen LogP contribution is -2.42. The van der Waals surface area contributed by atoms with Crippen LogP contribution in [0.3, 0.4) is 0 Å². The van der Waals surface area contributed by atoms with Crippen LogP contribution in [-0.2, 0) is 9.47 Å². The molecule has 0 aromatic heterocycles. The second kappa shape index (κ2) is 6.43. The van der Waals surface area contributed by atoms with E-state index >= 15 is 0 Å². The van der Waals surface area contributed by atoms with Gasteiger partial charge in [-0.05, 0) is 13.0 Å². The van der Waals surface area contributed by atoms with Gasteiger partial charge in [0.1, 0.15) is 0 Å². The molecule has 1 unspecified atom stereocenters. The van der Waals surface area contributed by atoms with Gasteiger partial charge < -0.3 is 19.5 Å². The highest BCUT2D eigenvalue weighted by Crippen LogP contribution is 2.28. The number of methoxy groups -OCH3 is 1. The van der Waals surface area contributed by atoms with E-state index in [9.17, 15) is 5.11 Å². The fourth-order valence-corrected chi connectivity index (χ4v) is 1.99. The SMILES string of the molecule is CCN(CCOC)CC1(CO)CCOC1. The molecule has 0 amide bonds. The topological polar surface area (TPSA) is 41.9 Å². The number of hydrogen-bond acceptors (Lipinski definition) is 4. The lowest BCUT2D eigenvalue weighted by atomic mass is 9.87. The van der Waals surface area contributed by atoms with Crippen LogP contribution >= 0.6 is 0 Å². The first-order chi connectivity index (χ1) is 7.26. The van der Waals surface area contributed by atoms with Crippen LogP contribution in [0, 0.1) is 5.41 Å². The summed E-state index contributed by atoms with van der Waals surface area (Å²) in [5.41, 5.74) is -0.0379. The number of likely N-dealkylation sites (N-methyl/N-ethyl adjacent to an activating group) is 1. The number of hydrogen-bond donors (Lipinski definition) is 1. The van der Waals surface area contributed by atoms with Gasteiger partial charge in [0.15, 0.2) is 0 Å². The molecule has 0 aromatic carbocycles. The predicted octanol–water partition coefficient (Wildman–Crippen LogP) is 0.354. The summed E-state index contributed by atoms with van der Waals surface area (Å²) in [4.78, 5) is 2.31. The maximum atomic E-state index is 9.45. The molecule has 15 heavy (non-hydrogen) atoms. The Morgan fingerprint density at radius 1 is 1.53 bits per heavy atom. The fraction of sp³-hybridized carbons (Fsp3) is 1.00. The molecule has 0 saturated carbocycles. The monoisotopic (exact) mass is 217 g/mol. The Bertz CT molecular complexity index is 169. The highest BCUT2D eigenvalue weighted by molar-refractivity contribution is 4.85. The van der Waals surface area contributed by atoms with Crippen LogP contribution in [0.4, 0.5) is 0 Å². The van der Waals surface area contributed by atoms with Crippen molar-refractivity contribution in [2.24, 2.45) is 5.41 Å². The predicted molar refractivity (Wildman–Crippen MR) is 58.9 cm³/mol. The molecule has 1 aliphatic heterocycles. The largest absolute Gasteiger partial charge is 0.396 e. The quantitative estimate of drug-likeness (QED) is 0.668. The molecule has 0 radical (unpaired) electrons. The van der Waals surface area contributed by atoms with Gasteiger partial charge in [-0.25, -0.2) is 0 Å². The number of nitrogens with zero attached hydrogens (tertiary/aromatic N) is 1. The van der Waals surface area contributed by atoms with E-state index in [1.807, 2.05) is 0 Å². The fourth-order valence-electron chi connectivity index (χ4n) is 1.99. The van der Waals surface area contributed by atoms with Gasteiger partial charge in [-0.15, -0.1) is 0 Å². The Balaban J connectivity index is 2.40. The van der Waals surface area contributed by atoms with E-state index in [4.69, 9.17) is 9.47 Å². The summed E-state index contributed by atoms with van der Waals surface area (Å²) in [6, 6.07) is 0. The molecule has 1 aliphatic rings. The van der Waals surface area contributed by atoms with Crippen LogP contribution in [0.5, 0.6) is 0 Å². The van der Waals surface area contributed by atoms with Crippen molar-refractivity contribution in [1.82, 2.24) is 4.90 Å². The second-order valence-corrected chi connectivity index (χ2v) is 4.32. The molecule has 90 valence electrons. The maximum absolute atomic E-state index is 9.45. The van der Waals surface area contributed by atoms with Gasteiger partial charge in [-0.3, -0.25) is 0 Å². The minimum absolute atomic E-state index is 0.0379. The summed E-state index contributed by atoms with van der Waals surface area (Å²) in [5, 5.41) is 9.45. The molecule has 1 saturated heterocycles. The van der Waals surface area contributed by atoms with Crippen molar-refractivity contribution in [3.63, 3.8) is 0 Å². The van der Waals surface area contributed by atoms with Crippen LogP contribution in [0.15, 0.2) is 0 Å². The van der Waals surface area contributed by atoms with Crippen molar-refractivity contribution < 1.29 is 14.6 Å². The van der Waals surface area contributed by atoms with E-state index in [1.165, 1.54) is 0 Å². The minimum atomic E-state index is -0.0379. The lowest BCUT2D eigenvalue weighted by molar-refractivity contribution is 0.0487. The number of aliphatic hydroxyl groups excluding tert-OH is 1. The first-order valence-electron chi connectivity index (χ1n) is 5.66. The van der Waals surface area contributed by atoms with E-state index < -0.39 is 0 Å². The van der Waals surface area contributed by atoms with E-state index in [-0.39, 0.29) is 12.0 Å². The van der Waals surface area contributed by atoms with E-state index in [0.29, 0.717) is 6.61 Å². The van der Waals surface area contributed by atoms with Gasteiger partial charge in [-0.1, -0.05) is 6.92 Å². The van der Waals surface area contributed by atoms with E-state index in [2.05, 4.69) is 11.8 Å². The molecule has 1 heterocycles. The van der Waals surface area contributed by atoms with Crippen LogP contribution in [0.25, 0.3) is 0 Å². The summed E-state index contributed by atoms with van der Waals surface area (Å²) in [6.45, 7) is 7.39. The zero-order valence-electron chi connectivity index (χ0n) is 9.87. The first kappa shape index (κ1) is 12.9. The van der Waals surface area contributed by atoms with Crippen LogP contribution in [-0.4, -0.2) is 63.2 Å². The molecule has 4 nitrogen and oxygen atoms in total. The van der Waals surface area contributed by atoms with Gasteiger partial charge in [0, 0.05) is 32.2 Å². The van der Waals surface area contributed by atoms with Gasteiger partial charge >= 0.3 is 0 Å². The third-order valence-corrected chi connectivity index (χ3v) is 3.14. The number of rotatable bonds is 7. The Kier molecular flexibility index (Phi) is 5.53. The molecular weight excluding hydrogens is 194 g/mol. The average molecular weight is 217 g/mol. The lowest BCUT2D eigenvalue weighted by Gasteiger charge is -2.32. The van der Waals surface area contributed by atoms with E-state index in [0.717, 1.165) is 39.3 Å². The Hall–Kier alpha value is -0.160. The molecule has 1 fully saturated rings. The summed E-state index contributed by atoms with van der Waals surface area (Å²) in [5.74, 6) is 0. The molecule has 0 aliphatic carbocycles. The van der Waals surface area contributed by atoms with Crippen molar-refractivity contribution in [2.75, 3.05) is 53.2 Å². The molecule has 1 rings (SSSR count). The van der Waals surface area contributed by atoms with Crippen molar-refractivity contribution in [3.05, 3.63) is 0 Å². The second-order valence-electron chi connectivity index (χ2n) is 4.32. The smallest absolute Gasteiger partial charge is 0.0589 e. The summed E-state index contributed by atoms with van der Waals surface area (Å²) in [7, 11) is 1.72. The van der Waals surface area contributed by atoms with Crippen LogP contribution in [0.1, 0.15) is 13.3 Å². The van der Waals surface area contributed by atoms with Crippen LogP contribution < -0.4 is 0 Å². The standard InChI is InChI=1S/C11H23NO3/c1-3-12(5-7-14-2)8-11(9-13)4-6-15-10-11/h13H,3-10H2,1-2H3. The van der Waals surface area contributed by atoms with Crippen molar-refractivity contribution in [1.29, 1.82) is 0 Å². The van der Waals surface area contributed by atoms with Gasteiger partial charge in [0.05, 0.1) is 19.8 Å². The number of aliphatic hydroxyl groups is 1. The van der Waals surface area contributed by atoms with Gasteiger partial charge in [-0.2, -0.15) is 0 Å². The van der Waals surface area contributed by atoms with Crippen molar-refractivity contribution in [2.45, 2.75) is 13.3 Å². The first-order valence-corrected chi connectivity index (χ1v) is 5.66. The van der Waals surface area contributed by atoms with Gasteiger partial charge in [0.25, 0.3) is 0 Å². The van der Waals surface area contributed by atoms with Gasteiger partial charge in [0.2, 0.25) is 0 Å².